The van der Waals surface area contributed by atoms with Gasteiger partial charge in [0.15, 0.2) is 11.6 Å². The number of nitrogens with zero attached hydrogens (tertiary/aromatic N) is 2. The predicted molar refractivity (Wildman–Crippen MR) is 106 cm³/mol. The second-order valence-electron chi connectivity index (χ2n) is 7.13. The fourth-order valence-electron chi connectivity index (χ4n) is 3.68. The lowest BCUT2D eigenvalue weighted by atomic mass is 10.0. The fraction of sp³-hybridized carbons (Fsp3) is 0.350. The first-order valence-corrected chi connectivity index (χ1v) is 9.99. The smallest absolute Gasteiger partial charge is 0.257 e. The van der Waals surface area contributed by atoms with Gasteiger partial charge in [-0.15, -0.1) is 11.3 Å². The molecule has 3 heterocycles. The lowest BCUT2D eigenvalue weighted by Gasteiger charge is -2.27. The molecule has 7 nitrogen and oxygen atoms in total. The number of anilines is 1. The third-order valence-electron chi connectivity index (χ3n) is 5.18. The van der Waals surface area contributed by atoms with Gasteiger partial charge in [0.2, 0.25) is 11.8 Å². The van der Waals surface area contributed by atoms with Crippen molar-refractivity contribution in [2.75, 3.05) is 32.6 Å². The molecule has 0 saturated carbocycles. The molecule has 0 fully saturated rings. The molecule has 29 heavy (non-hydrogen) atoms. The Hall–Kier alpha value is -2.94. The minimum Gasteiger partial charge on any atom is -0.494 e. The van der Waals surface area contributed by atoms with Gasteiger partial charge in [-0.25, -0.2) is 4.39 Å². The van der Waals surface area contributed by atoms with Crippen LogP contribution < -0.4 is 10.1 Å². The Kier molecular flexibility index (Phi) is 4.99. The first kappa shape index (κ1) is 19.4. The summed E-state index contributed by atoms with van der Waals surface area (Å²) in [4.78, 5) is 41.4. The third-order valence-corrected chi connectivity index (χ3v) is 6.31. The van der Waals surface area contributed by atoms with E-state index in [0.717, 1.165) is 10.4 Å². The molecule has 0 atom stereocenters. The van der Waals surface area contributed by atoms with Crippen LogP contribution >= 0.6 is 11.3 Å². The Bertz CT molecular complexity index is 1020. The summed E-state index contributed by atoms with van der Waals surface area (Å²) in [7, 11) is 3.00. The van der Waals surface area contributed by atoms with E-state index >= 15 is 0 Å². The molecular formula is C20H20FN3O4S. The largest absolute Gasteiger partial charge is 0.494 e. The Balaban J connectivity index is 1.53. The van der Waals surface area contributed by atoms with Crippen LogP contribution in [0.1, 0.15) is 26.4 Å². The molecule has 0 radical (unpaired) electrons. The second kappa shape index (κ2) is 7.47. The van der Waals surface area contributed by atoms with Crippen LogP contribution in [-0.4, -0.2) is 54.8 Å². The number of hydrogen-bond donors (Lipinski definition) is 1. The Morgan fingerprint density at radius 3 is 2.83 bits per heavy atom. The highest BCUT2D eigenvalue weighted by Gasteiger charge is 2.33. The minimum atomic E-state index is -0.501. The molecule has 1 aromatic carbocycles. The van der Waals surface area contributed by atoms with Crippen molar-refractivity contribution >= 4 is 34.1 Å². The molecule has 0 saturated heterocycles. The van der Waals surface area contributed by atoms with Gasteiger partial charge in [0.05, 0.1) is 32.2 Å². The van der Waals surface area contributed by atoms with Gasteiger partial charge < -0.3 is 19.9 Å². The summed E-state index contributed by atoms with van der Waals surface area (Å²) in [6, 6.07) is 4.49. The van der Waals surface area contributed by atoms with Crippen LogP contribution in [0.3, 0.4) is 0 Å². The molecule has 2 aliphatic heterocycles. The molecule has 2 aromatic rings. The quantitative estimate of drug-likeness (QED) is 0.829. The number of hydrogen-bond acceptors (Lipinski definition) is 5. The Morgan fingerprint density at radius 2 is 2.10 bits per heavy atom. The van der Waals surface area contributed by atoms with Crippen molar-refractivity contribution in [1.29, 1.82) is 0 Å². The second-order valence-corrected chi connectivity index (χ2v) is 8.23. The molecule has 1 N–H and O–H groups in total. The topological polar surface area (TPSA) is 79.0 Å². The molecule has 9 heteroatoms. The van der Waals surface area contributed by atoms with Crippen molar-refractivity contribution in [3.8, 4) is 5.75 Å². The van der Waals surface area contributed by atoms with E-state index in [1.807, 2.05) is 0 Å². The summed E-state index contributed by atoms with van der Waals surface area (Å²) in [5, 5.41) is 3.36. The highest BCUT2D eigenvalue weighted by Crippen LogP contribution is 2.38. The zero-order valence-electron chi connectivity index (χ0n) is 16.1. The van der Waals surface area contributed by atoms with Gasteiger partial charge in [0.1, 0.15) is 5.00 Å². The molecule has 0 bridgehead atoms. The van der Waals surface area contributed by atoms with Crippen LogP contribution in [0.2, 0.25) is 0 Å². The number of rotatable bonds is 3. The number of carbonyl (C=O) groups excluding carboxylic acids is 3. The number of fused-ring (bicyclic) bond motifs is 3. The molecule has 1 aromatic heterocycles. The van der Waals surface area contributed by atoms with E-state index in [9.17, 15) is 18.8 Å². The van der Waals surface area contributed by atoms with Gasteiger partial charge in [-0.05, 0) is 29.7 Å². The van der Waals surface area contributed by atoms with E-state index in [2.05, 4.69) is 5.32 Å². The van der Waals surface area contributed by atoms with E-state index in [4.69, 9.17) is 4.74 Å². The number of carbonyl (C=O) groups is 3. The van der Waals surface area contributed by atoms with Crippen LogP contribution in [0.5, 0.6) is 5.75 Å². The first-order chi connectivity index (χ1) is 13.9. The minimum absolute atomic E-state index is 0.0258. The summed E-state index contributed by atoms with van der Waals surface area (Å²) in [5.74, 6) is -0.882. The van der Waals surface area contributed by atoms with Crippen LogP contribution in [-0.2, 0) is 29.0 Å². The van der Waals surface area contributed by atoms with Gasteiger partial charge in [-0.2, -0.15) is 0 Å². The predicted octanol–water partition coefficient (Wildman–Crippen LogP) is 2.05. The van der Waals surface area contributed by atoms with Crippen LogP contribution in [0.4, 0.5) is 9.39 Å². The number of amides is 3. The van der Waals surface area contributed by atoms with Gasteiger partial charge in [0, 0.05) is 18.5 Å². The zero-order valence-corrected chi connectivity index (χ0v) is 16.9. The molecule has 0 spiro atoms. The summed E-state index contributed by atoms with van der Waals surface area (Å²) in [5.41, 5.74) is 2.02. The van der Waals surface area contributed by atoms with Gasteiger partial charge in [-0.1, -0.05) is 6.07 Å². The Morgan fingerprint density at radius 1 is 1.31 bits per heavy atom. The number of halogens is 1. The number of methoxy groups -OCH3 is 1. The molecule has 2 aliphatic rings. The third kappa shape index (κ3) is 3.57. The maximum absolute atomic E-state index is 13.9. The van der Waals surface area contributed by atoms with Crippen molar-refractivity contribution in [2.24, 2.45) is 0 Å². The number of likely N-dealkylation sites (N-methyl/N-ethyl adjacent to an activating group) is 1. The summed E-state index contributed by atoms with van der Waals surface area (Å²) in [6.45, 7) is 0.869. The van der Waals surface area contributed by atoms with E-state index in [1.165, 1.54) is 35.5 Å². The molecule has 152 valence electrons. The SMILES string of the molecule is COc1ccc(CC(=O)N2CCc3c(sc4c3C(=O)N(C)CC(=O)N4)C2)cc1F. The van der Waals surface area contributed by atoms with Crippen molar-refractivity contribution in [2.45, 2.75) is 19.4 Å². The monoisotopic (exact) mass is 417 g/mol. The highest BCUT2D eigenvalue weighted by atomic mass is 32.1. The van der Waals surface area contributed by atoms with E-state index in [-0.39, 0.29) is 36.4 Å². The van der Waals surface area contributed by atoms with E-state index in [0.29, 0.717) is 35.6 Å². The molecule has 3 amide bonds. The lowest BCUT2D eigenvalue weighted by Crippen LogP contribution is -2.37. The molecular weight excluding hydrogens is 397 g/mol. The summed E-state index contributed by atoms with van der Waals surface area (Å²) in [6.07, 6.45) is 0.624. The number of nitrogens with one attached hydrogen (secondary N) is 1. The first-order valence-electron chi connectivity index (χ1n) is 9.17. The van der Waals surface area contributed by atoms with Crippen LogP contribution in [0, 0.1) is 5.82 Å². The molecule has 4 rings (SSSR count). The van der Waals surface area contributed by atoms with E-state index in [1.54, 1.807) is 18.0 Å². The lowest BCUT2D eigenvalue weighted by molar-refractivity contribution is -0.131. The highest BCUT2D eigenvalue weighted by molar-refractivity contribution is 7.17. The number of benzene rings is 1. The van der Waals surface area contributed by atoms with Crippen LogP contribution in [0.15, 0.2) is 18.2 Å². The zero-order chi connectivity index (χ0) is 20.7. The van der Waals surface area contributed by atoms with Crippen molar-refractivity contribution in [1.82, 2.24) is 9.80 Å². The van der Waals surface area contributed by atoms with Gasteiger partial charge >= 0.3 is 0 Å². The maximum atomic E-state index is 13.9. The van der Waals surface area contributed by atoms with Crippen molar-refractivity contribution in [3.05, 3.63) is 45.6 Å². The average Bonchev–Trinajstić information content (AvgIpc) is 2.99. The number of thiophene rings is 1. The van der Waals surface area contributed by atoms with Gasteiger partial charge in [-0.3, -0.25) is 14.4 Å². The Labute approximate surface area is 171 Å². The summed E-state index contributed by atoms with van der Waals surface area (Å²) < 4.78 is 18.8. The van der Waals surface area contributed by atoms with Crippen molar-refractivity contribution in [3.63, 3.8) is 0 Å². The number of ether oxygens (including phenoxy) is 1. The van der Waals surface area contributed by atoms with Crippen molar-refractivity contribution < 1.29 is 23.5 Å². The average molecular weight is 417 g/mol. The van der Waals surface area contributed by atoms with E-state index < -0.39 is 5.82 Å². The van der Waals surface area contributed by atoms with Gasteiger partial charge in [0.25, 0.3) is 5.91 Å². The maximum Gasteiger partial charge on any atom is 0.257 e. The normalized spacial score (nSPS) is 16.1. The van der Waals surface area contributed by atoms with Crippen LogP contribution in [0.25, 0.3) is 0 Å². The molecule has 0 aliphatic carbocycles. The standard InChI is InChI=1S/C20H20FN3O4S/c1-23-10-16(25)22-19-18(20(23)27)12-5-6-24(9-15(12)29-19)17(26)8-11-3-4-14(28-2)13(21)7-11/h3-4,7H,5-6,8-10H2,1-2H3,(H,22,25). The molecule has 0 unspecified atom stereocenters. The summed E-state index contributed by atoms with van der Waals surface area (Å²) >= 11 is 1.35. The fourth-order valence-corrected chi connectivity index (χ4v) is 4.95.